The molecule has 0 atom stereocenters. The van der Waals surface area contributed by atoms with Gasteiger partial charge in [0.25, 0.3) is 0 Å². The molecule has 1 heteroatoms. The fourth-order valence-electron chi connectivity index (χ4n) is 0.136. The summed E-state index contributed by atoms with van der Waals surface area (Å²) in [4.78, 5) is 0. The summed E-state index contributed by atoms with van der Waals surface area (Å²) in [5.41, 5.74) is 0. The van der Waals surface area contributed by atoms with Crippen molar-refractivity contribution in [2.24, 2.45) is 0 Å². The standard InChI is InChI=1S/C4H7B/c1-2-3-4-5/h3-4H,2H2,1H3. The van der Waals surface area contributed by atoms with E-state index in [9.17, 15) is 0 Å². The van der Waals surface area contributed by atoms with Crippen LogP contribution in [0.1, 0.15) is 13.3 Å². The largest absolute Gasteiger partial charge is 0.135 e. The van der Waals surface area contributed by atoms with Crippen LogP contribution in [0.15, 0.2) is 12.1 Å². The van der Waals surface area contributed by atoms with Gasteiger partial charge in [0.1, 0.15) is 7.85 Å². The van der Waals surface area contributed by atoms with E-state index in [-0.39, 0.29) is 0 Å². The quantitative estimate of drug-likeness (QED) is 0.401. The topological polar surface area (TPSA) is 0 Å². The Bertz CT molecular complexity index is 30.6. The molecule has 5 heavy (non-hydrogen) atoms. The lowest BCUT2D eigenvalue weighted by atomic mass is 10.1. The van der Waals surface area contributed by atoms with E-state index in [0.29, 0.717) is 0 Å². The highest BCUT2D eigenvalue weighted by Crippen LogP contribution is 1.71. The zero-order valence-electron chi connectivity index (χ0n) is 3.44. The molecular formula is C4H7B. The lowest BCUT2D eigenvalue weighted by molar-refractivity contribution is 1.23. The maximum atomic E-state index is 4.96. The fraction of sp³-hybridized carbons (Fsp3) is 0.500. The minimum atomic E-state index is 1.04. The number of rotatable bonds is 1. The average molecular weight is 65.9 g/mol. The summed E-state index contributed by atoms with van der Waals surface area (Å²) < 4.78 is 0. The smallest absolute Gasteiger partial charge is 0.102 e. The predicted octanol–water partition coefficient (Wildman–Crippen LogP) is 1.08. The van der Waals surface area contributed by atoms with Gasteiger partial charge in [0, 0.05) is 0 Å². The van der Waals surface area contributed by atoms with Crippen LogP contribution >= 0.6 is 0 Å². The van der Waals surface area contributed by atoms with Gasteiger partial charge in [-0.2, -0.15) is 0 Å². The number of allylic oxidation sites excluding steroid dienone is 1. The van der Waals surface area contributed by atoms with Crippen LogP contribution in [0.3, 0.4) is 0 Å². The maximum Gasteiger partial charge on any atom is 0.102 e. The van der Waals surface area contributed by atoms with Crippen LogP contribution in [0.5, 0.6) is 0 Å². The van der Waals surface area contributed by atoms with E-state index in [0.717, 1.165) is 6.42 Å². The van der Waals surface area contributed by atoms with Gasteiger partial charge in [-0.05, 0) is 6.42 Å². The van der Waals surface area contributed by atoms with Crippen LogP contribution in [0, 0.1) is 0 Å². The first kappa shape index (κ1) is 4.80. The molecule has 0 aromatic rings. The highest BCUT2D eigenvalue weighted by atomic mass is 13.6. The van der Waals surface area contributed by atoms with E-state index < -0.39 is 0 Å². The molecule has 0 nitrogen and oxygen atoms in total. The molecule has 0 fully saturated rings. The molecule has 2 radical (unpaired) electrons. The van der Waals surface area contributed by atoms with E-state index in [2.05, 4.69) is 0 Å². The molecule has 0 unspecified atom stereocenters. The second-order valence-corrected chi connectivity index (χ2v) is 0.836. The Morgan fingerprint density at radius 3 is 2.40 bits per heavy atom. The maximum absolute atomic E-state index is 4.96. The van der Waals surface area contributed by atoms with Gasteiger partial charge in [-0.25, -0.2) is 0 Å². The fourth-order valence-corrected chi connectivity index (χ4v) is 0.136. The van der Waals surface area contributed by atoms with Gasteiger partial charge < -0.3 is 0 Å². The normalized spacial score (nSPS) is 9.80. The molecule has 0 amide bonds. The van der Waals surface area contributed by atoms with Crippen molar-refractivity contribution in [1.29, 1.82) is 0 Å². The van der Waals surface area contributed by atoms with Crippen molar-refractivity contribution in [3.8, 4) is 0 Å². The highest BCUT2D eigenvalue weighted by molar-refractivity contribution is 6.16. The first-order chi connectivity index (χ1) is 2.41. The predicted molar refractivity (Wildman–Crippen MR) is 25.2 cm³/mol. The molecule has 0 N–H and O–H groups in total. The van der Waals surface area contributed by atoms with Crippen molar-refractivity contribution >= 4 is 7.85 Å². The van der Waals surface area contributed by atoms with E-state index in [1.165, 1.54) is 0 Å². The second-order valence-electron chi connectivity index (χ2n) is 0.836. The third-order valence-corrected chi connectivity index (χ3v) is 0.372. The Morgan fingerprint density at radius 1 is 1.80 bits per heavy atom. The van der Waals surface area contributed by atoms with E-state index in [4.69, 9.17) is 7.85 Å². The second kappa shape index (κ2) is 3.80. The molecule has 0 spiro atoms. The van der Waals surface area contributed by atoms with E-state index in [1.54, 1.807) is 5.98 Å². The lowest BCUT2D eigenvalue weighted by Gasteiger charge is -1.65. The van der Waals surface area contributed by atoms with Gasteiger partial charge >= 0.3 is 0 Å². The Hall–Kier alpha value is -0.195. The summed E-state index contributed by atoms with van der Waals surface area (Å²) in [5, 5.41) is 0. The summed E-state index contributed by atoms with van der Waals surface area (Å²) in [6, 6.07) is 0. The molecule has 0 aliphatic carbocycles. The summed E-state index contributed by atoms with van der Waals surface area (Å²) in [5.74, 6) is 1.56. The van der Waals surface area contributed by atoms with Gasteiger partial charge in [0.05, 0.1) is 0 Å². The molecule has 0 rings (SSSR count). The zero-order chi connectivity index (χ0) is 4.12. The molecule has 0 aliphatic heterocycles. The molecule has 26 valence electrons. The van der Waals surface area contributed by atoms with Crippen LogP contribution in [0.2, 0.25) is 0 Å². The first-order valence-electron chi connectivity index (χ1n) is 1.78. The molecule has 0 aromatic carbocycles. The average Bonchev–Trinajstić information content (AvgIpc) is 1.41. The molecule has 0 saturated heterocycles. The zero-order valence-corrected chi connectivity index (χ0v) is 3.44. The third-order valence-electron chi connectivity index (χ3n) is 0.372. The Balaban J connectivity index is 2.62. The van der Waals surface area contributed by atoms with Crippen molar-refractivity contribution < 1.29 is 0 Å². The number of hydrogen-bond donors (Lipinski definition) is 0. The van der Waals surface area contributed by atoms with Crippen LogP contribution < -0.4 is 0 Å². The Kier molecular flexibility index (Phi) is 3.66. The molecule has 0 aliphatic rings. The third kappa shape index (κ3) is 3.80. The highest BCUT2D eigenvalue weighted by Gasteiger charge is 1.52. The Labute approximate surface area is 34.3 Å². The minimum Gasteiger partial charge on any atom is -0.135 e. The van der Waals surface area contributed by atoms with Crippen molar-refractivity contribution in [3.05, 3.63) is 12.1 Å². The van der Waals surface area contributed by atoms with E-state index in [1.807, 2.05) is 13.0 Å². The summed E-state index contributed by atoms with van der Waals surface area (Å²) in [7, 11) is 4.96. The monoisotopic (exact) mass is 66.1 g/mol. The van der Waals surface area contributed by atoms with Crippen molar-refractivity contribution in [1.82, 2.24) is 0 Å². The van der Waals surface area contributed by atoms with Crippen LogP contribution in [0.25, 0.3) is 0 Å². The van der Waals surface area contributed by atoms with Gasteiger partial charge in [-0.15, -0.1) is 5.98 Å². The van der Waals surface area contributed by atoms with Crippen LogP contribution in [-0.2, 0) is 0 Å². The minimum absolute atomic E-state index is 1.04. The molecular weight excluding hydrogens is 58.9 g/mol. The van der Waals surface area contributed by atoms with E-state index >= 15 is 0 Å². The van der Waals surface area contributed by atoms with Gasteiger partial charge in [-0.3, -0.25) is 0 Å². The van der Waals surface area contributed by atoms with Crippen molar-refractivity contribution in [3.63, 3.8) is 0 Å². The van der Waals surface area contributed by atoms with Gasteiger partial charge in [0.15, 0.2) is 0 Å². The van der Waals surface area contributed by atoms with Gasteiger partial charge in [-0.1, -0.05) is 13.0 Å². The summed E-state index contributed by atoms with van der Waals surface area (Å²) in [6.07, 6.45) is 2.94. The molecule has 0 saturated carbocycles. The first-order valence-corrected chi connectivity index (χ1v) is 1.78. The molecule has 0 bridgehead atoms. The van der Waals surface area contributed by atoms with Gasteiger partial charge in [0.2, 0.25) is 0 Å². The SMILES string of the molecule is [B]C=CCC. The molecule has 0 aromatic heterocycles. The Morgan fingerprint density at radius 2 is 2.40 bits per heavy atom. The lowest BCUT2D eigenvalue weighted by Crippen LogP contribution is -1.49. The number of hydrogen-bond acceptors (Lipinski definition) is 0. The summed E-state index contributed by atoms with van der Waals surface area (Å²) >= 11 is 0. The molecule has 0 heterocycles. The van der Waals surface area contributed by atoms with Crippen LogP contribution in [0.4, 0.5) is 0 Å². The van der Waals surface area contributed by atoms with Crippen molar-refractivity contribution in [2.75, 3.05) is 0 Å². The van der Waals surface area contributed by atoms with Crippen LogP contribution in [-0.4, -0.2) is 7.85 Å². The summed E-state index contributed by atoms with van der Waals surface area (Å²) in [6.45, 7) is 2.04. The van der Waals surface area contributed by atoms with Crippen molar-refractivity contribution in [2.45, 2.75) is 13.3 Å².